The van der Waals surface area contributed by atoms with E-state index in [1.165, 1.54) is 0 Å². The quantitative estimate of drug-likeness (QED) is 0.313. The van der Waals surface area contributed by atoms with Gasteiger partial charge in [-0.2, -0.15) is 5.10 Å². The number of oxime groups is 1. The first kappa shape index (κ1) is 9.57. The number of hydrogen-bond donors (Lipinski definition) is 2. The molecule has 0 atom stereocenters. The molecule has 13 heavy (non-hydrogen) atoms. The van der Waals surface area contributed by atoms with Gasteiger partial charge in [0.05, 0.1) is 6.42 Å². The van der Waals surface area contributed by atoms with Crippen molar-refractivity contribution in [2.24, 2.45) is 10.9 Å². The maximum Gasteiger partial charge on any atom is 0.145 e. The van der Waals surface area contributed by atoms with Gasteiger partial charge in [0.1, 0.15) is 5.84 Å². The van der Waals surface area contributed by atoms with Gasteiger partial charge in [-0.3, -0.25) is 4.68 Å². The lowest BCUT2D eigenvalue weighted by Crippen LogP contribution is -2.18. The van der Waals surface area contributed by atoms with Gasteiger partial charge in [-0.05, 0) is 19.9 Å². The molecular formula is C8H14N4O. The van der Waals surface area contributed by atoms with Crippen molar-refractivity contribution in [2.75, 3.05) is 0 Å². The van der Waals surface area contributed by atoms with Gasteiger partial charge >= 0.3 is 0 Å². The van der Waals surface area contributed by atoms with Crippen molar-refractivity contribution in [2.45, 2.75) is 26.3 Å². The molecule has 72 valence electrons. The van der Waals surface area contributed by atoms with Crippen LogP contribution in [0.25, 0.3) is 0 Å². The van der Waals surface area contributed by atoms with Crippen LogP contribution in [0, 0.1) is 0 Å². The molecule has 5 nitrogen and oxygen atoms in total. The van der Waals surface area contributed by atoms with Crippen LogP contribution in [-0.2, 0) is 6.42 Å². The lowest BCUT2D eigenvalue weighted by molar-refractivity contribution is 0.317. The third-order valence-corrected chi connectivity index (χ3v) is 1.73. The Morgan fingerprint density at radius 2 is 2.46 bits per heavy atom. The molecule has 0 aliphatic carbocycles. The molecule has 0 saturated heterocycles. The molecule has 0 aliphatic rings. The lowest BCUT2D eigenvalue weighted by Gasteiger charge is -2.09. The SMILES string of the molecule is CC(C)n1nccc1C/C(N)=N/O. The zero-order valence-electron chi connectivity index (χ0n) is 7.81. The number of amidine groups is 1. The maximum atomic E-state index is 8.40. The Morgan fingerprint density at radius 1 is 1.77 bits per heavy atom. The predicted molar refractivity (Wildman–Crippen MR) is 49.7 cm³/mol. The second-order valence-electron chi connectivity index (χ2n) is 3.13. The zero-order valence-corrected chi connectivity index (χ0v) is 7.81. The van der Waals surface area contributed by atoms with Crippen LogP contribution in [0.4, 0.5) is 0 Å². The van der Waals surface area contributed by atoms with Crippen LogP contribution >= 0.6 is 0 Å². The second kappa shape index (κ2) is 3.93. The van der Waals surface area contributed by atoms with E-state index in [0.29, 0.717) is 6.42 Å². The first-order valence-corrected chi connectivity index (χ1v) is 4.14. The van der Waals surface area contributed by atoms with Crippen LogP contribution in [0.5, 0.6) is 0 Å². The van der Waals surface area contributed by atoms with E-state index < -0.39 is 0 Å². The standard InChI is InChI=1S/C8H14N4O/c1-6(2)12-7(3-4-10-12)5-8(9)11-13/h3-4,6,13H,5H2,1-2H3,(H2,9,11). The minimum Gasteiger partial charge on any atom is -0.409 e. The third-order valence-electron chi connectivity index (χ3n) is 1.73. The van der Waals surface area contributed by atoms with Crippen molar-refractivity contribution in [3.05, 3.63) is 18.0 Å². The van der Waals surface area contributed by atoms with Gasteiger partial charge in [0, 0.05) is 17.9 Å². The molecule has 1 aromatic heterocycles. The number of rotatable bonds is 3. The predicted octanol–water partition coefficient (Wildman–Crippen LogP) is 0.753. The van der Waals surface area contributed by atoms with Gasteiger partial charge in [0.2, 0.25) is 0 Å². The summed E-state index contributed by atoms with van der Waals surface area (Å²) < 4.78 is 1.85. The van der Waals surface area contributed by atoms with Crippen molar-refractivity contribution in [1.29, 1.82) is 0 Å². The summed E-state index contributed by atoms with van der Waals surface area (Å²) >= 11 is 0. The summed E-state index contributed by atoms with van der Waals surface area (Å²) in [6.07, 6.45) is 2.13. The molecule has 0 saturated carbocycles. The van der Waals surface area contributed by atoms with Crippen molar-refractivity contribution in [1.82, 2.24) is 9.78 Å². The molecule has 0 radical (unpaired) electrons. The van der Waals surface area contributed by atoms with Gasteiger partial charge in [-0.15, -0.1) is 0 Å². The van der Waals surface area contributed by atoms with Crippen LogP contribution in [0.3, 0.4) is 0 Å². The monoisotopic (exact) mass is 182 g/mol. The van der Waals surface area contributed by atoms with E-state index in [1.54, 1.807) is 6.20 Å². The van der Waals surface area contributed by atoms with E-state index >= 15 is 0 Å². The number of nitrogens with two attached hydrogens (primary N) is 1. The van der Waals surface area contributed by atoms with Crippen molar-refractivity contribution in [3.63, 3.8) is 0 Å². The molecule has 1 heterocycles. The summed E-state index contributed by atoms with van der Waals surface area (Å²) in [6, 6.07) is 2.15. The normalized spacial score (nSPS) is 12.4. The molecule has 0 aliphatic heterocycles. The Bertz CT molecular complexity index is 303. The van der Waals surface area contributed by atoms with Gasteiger partial charge < -0.3 is 10.9 Å². The van der Waals surface area contributed by atoms with Gasteiger partial charge in [0.25, 0.3) is 0 Å². The first-order chi connectivity index (χ1) is 6.15. The number of aromatic nitrogens is 2. The smallest absolute Gasteiger partial charge is 0.145 e. The molecular weight excluding hydrogens is 168 g/mol. The van der Waals surface area contributed by atoms with Crippen LogP contribution in [0.15, 0.2) is 17.4 Å². The zero-order chi connectivity index (χ0) is 9.84. The topological polar surface area (TPSA) is 76.4 Å². The van der Waals surface area contributed by atoms with Crippen LogP contribution in [0.2, 0.25) is 0 Å². The Morgan fingerprint density at radius 3 is 3.00 bits per heavy atom. The minimum absolute atomic E-state index is 0.197. The van der Waals surface area contributed by atoms with E-state index in [1.807, 2.05) is 24.6 Å². The summed E-state index contributed by atoms with van der Waals surface area (Å²) in [5.41, 5.74) is 6.34. The van der Waals surface area contributed by atoms with E-state index in [-0.39, 0.29) is 11.9 Å². The largest absolute Gasteiger partial charge is 0.409 e. The molecule has 0 bridgehead atoms. The molecule has 5 heteroatoms. The van der Waals surface area contributed by atoms with E-state index in [9.17, 15) is 0 Å². The van der Waals surface area contributed by atoms with E-state index in [2.05, 4.69) is 10.3 Å². The van der Waals surface area contributed by atoms with Gasteiger partial charge in [0.15, 0.2) is 0 Å². The average Bonchev–Trinajstić information content (AvgIpc) is 2.52. The molecule has 1 rings (SSSR count). The molecule has 0 amide bonds. The fourth-order valence-electron chi connectivity index (χ4n) is 1.17. The highest BCUT2D eigenvalue weighted by Crippen LogP contribution is 2.08. The first-order valence-electron chi connectivity index (χ1n) is 4.14. The van der Waals surface area contributed by atoms with Crippen molar-refractivity contribution in [3.8, 4) is 0 Å². The third kappa shape index (κ3) is 2.21. The number of nitrogens with zero attached hydrogens (tertiary/aromatic N) is 3. The summed E-state index contributed by atoms with van der Waals surface area (Å²) in [4.78, 5) is 0. The summed E-state index contributed by atoms with van der Waals surface area (Å²) in [5.74, 6) is 0.197. The molecule has 0 unspecified atom stereocenters. The van der Waals surface area contributed by atoms with Crippen molar-refractivity contribution >= 4 is 5.84 Å². The highest BCUT2D eigenvalue weighted by Gasteiger charge is 2.06. The summed E-state index contributed by atoms with van der Waals surface area (Å²) in [5, 5.41) is 15.4. The minimum atomic E-state index is 0.197. The highest BCUT2D eigenvalue weighted by molar-refractivity contribution is 5.81. The fraction of sp³-hybridized carbons (Fsp3) is 0.500. The van der Waals surface area contributed by atoms with Crippen LogP contribution in [0.1, 0.15) is 25.6 Å². The number of hydrogen-bond acceptors (Lipinski definition) is 3. The van der Waals surface area contributed by atoms with Gasteiger partial charge in [-0.25, -0.2) is 0 Å². The van der Waals surface area contributed by atoms with Crippen LogP contribution in [-0.4, -0.2) is 20.8 Å². The molecule has 1 aromatic rings. The van der Waals surface area contributed by atoms with E-state index in [0.717, 1.165) is 5.69 Å². The molecule has 0 fully saturated rings. The molecule has 3 N–H and O–H groups in total. The average molecular weight is 182 g/mol. The lowest BCUT2D eigenvalue weighted by atomic mass is 10.2. The molecule has 0 aromatic carbocycles. The Labute approximate surface area is 76.8 Å². The Hall–Kier alpha value is -1.52. The fourth-order valence-corrected chi connectivity index (χ4v) is 1.17. The molecule has 0 spiro atoms. The van der Waals surface area contributed by atoms with E-state index in [4.69, 9.17) is 10.9 Å². The summed E-state index contributed by atoms with van der Waals surface area (Å²) in [6.45, 7) is 4.06. The Balaban J connectivity index is 2.82. The van der Waals surface area contributed by atoms with Gasteiger partial charge in [-0.1, -0.05) is 5.16 Å². The Kier molecular flexibility index (Phi) is 2.89. The van der Waals surface area contributed by atoms with Crippen LogP contribution < -0.4 is 5.73 Å². The highest BCUT2D eigenvalue weighted by atomic mass is 16.4. The summed E-state index contributed by atoms with van der Waals surface area (Å²) in [7, 11) is 0. The second-order valence-corrected chi connectivity index (χ2v) is 3.13. The van der Waals surface area contributed by atoms with Crippen molar-refractivity contribution < 1.29 is 5.21 Å². The maximum absolute atomic E-state index is 8.40.